The number of anilines is 2. The summed E-state index contributed by atoms with van der Waals surface area (Å²) >= 11 is 0. The Bertz CT molecular complexity index is 385. The maximum absolute atomic E-state index is 5.45. The highest BCUT2D eigenvalue weighted by atomic mass is 15.3. The quantitative estimate of drug-likeness (QED) is 0.511. The maximum Gasteiger partial charge on any atom is 0.145 e. The van der Waals surface area contributed by atoms with Gasteiger partial charge in [0.15, 0.2) is 0 Å². The normalized spacial score (nSPS) is 14.9. The second-order valence-corrected chi connectivity index (χ2v) is 4.98. The van der Waals surface area contributed by atoms with Gasteiger partial charge in [0.05, 0.1) is 0 Å². The molecule has 100 valence electrons. The van der Waals surface area contributed by atoms with Gasteiger partial charge in [0, 0.05) is 18.5 Å². The van der Waals surface area contributed by atoms with Crippen molar-refractivity contribution in [2.45, 2.75) is 45.4 Å². The number of aromatic nitrogens is 2. The fourth-order valence-electron chi connectivity index (χ4n) is 1.98. The van der Waals surface area contributed by atoms with E-state index < -0.39 is 0 Å². The Balaban J connectivity index is 2.04. The topological polar surface area (TPSA) is 75.9 Å². The zero-order valence-corrected chi connectivity index (χ0v) is 11.2. The molecule has 1 saturated carbocycles. The summed E-state index contributed by atoms with van der Waals surface area (Å²) in [4.78, 5) is 8.96. The largest absolute Gasteiger partial charge is 0.370 e. The van der Waals surface area contributed by atoms with Gasteiger partial charge >= 0.3 is 0 Å². The SMILES string of the molecule is CCC(CC)CNc1cc(NN)nc(C2CC2)n1. The molecule has 1 heterocycles. The van der Waals surface area contributed by atoms with E-state index in [1.165, 1.54) is 25.7 Å². The lowest BCUT2D eigenvalue weighted by Gasteiger charge is -2.14. The van der Waals surface area contributed by atoms with E-state index in [1.54, 1.807) is 0 Å². The van der Waals surface area contributed by atoms with Crippen molar-refractivity contribution in [3.63, 3.8) is 0 Å². The molecule has 1 aromatic rings. The van der Waals surface area contributed by atoms with E-state index in [9.17, 15) is 0 Å². The summed E-state index contributed by atoms with van der Waals surface area (Å²) in [6.07, 6.45) is 4.76. The van der Waals surface area contributed by atoms with Gasteiger partial charge in [-0.05, 0) is 18.8 Å². The number of nitrogens with one attached hydrogen (secondary N) is 2. The van der Waals surface area contributed by atoms with Gasteiger partial charge < -0.3 is 10.7 Å². The lowest BCUT2D eigenvalue weighted by Crippen LogP contribution is -2.16. The zero-order valence-electron chi connectivity index (χ0n) is 11.2. The second-order valence-electron chi connectivity index (χ2n) is 4.98. The first-order valence-electron chi connectivity index (χ1n) is 6.86. The molecule has 0 saturated heterocycles. The molecule has 0 radical (unpaired) electrons. The third kappa shape index (κ3) is 3.32. The molecule has 0 spiro atoms. The first kappa shape index (κ1) is 13.1. The van der Waals surface area contributed by atoms with Crippen molar-refractivity contribution in [1.82, 2.24) is 9.97 Å². The lowest BCUT2D eigenvalue weighted by atomic mass is 10.0. The molecule has 2 rings (SSSR count). The van der Waals surface area contributed by atoms with Gasteiger partial charge in [0.25, 0.3) is 0 Å². The van der Waals surface area contributed by atoms with Crippen LogP contribution in [-0.2, 0) is 0 Å². The maximum atomic E-state index is 5.45. The van der Waals surface area contributed by atoms with E-state index in [1.807, 2.05) is 6.07 Å². The standard InChI is InChI=1S/C13H23N5/c1-3-9(4-2)8-15-11-7-12(18-14)17-13(16-11)10-5-6-10/h7,9-10H,3-6,8,14H2,1-2H3,(H2,15,16,17,18). The predicted molar refractivity (Wildman–Crippen MR) is 74.4 cm³/mol. The van der Waals surface area contributed by atoms with Crippen LogP contribution in [0.15, 0.2) is 6.07 Å². The molecule has 0 aliphatic heterocycles. The van der Waals surface area contributed by atoms with E-state index in [4.69, 9.17) is 5.84 Å². The highest BCUT2D eigenvalue weighted by molar-refractivity contribution is 5.47. The van der Waals surface area contributed by atoms with E-state index in [0.29, 0.717) is 17.7 Å². The second kappa shape index (κ2) is 6.00. The molecule has 5 heteroatoms. The van der Waals surface area contributed by atoms with Crippen molar-refractivity contribution < 1.29 is 0 Å². The highest BCUT2D eigenvalue weighted by Gasteiger charge is 2.27. The smallest absolute Gasteiger partial charge is 0.145 e. The van der Waals surface area contributed by atoms with Gasteiger partial charge in [-0.3, -0.25) is 0 Å². The predicted octanol–water partition coefficient (Wildman–Crippen LogP) is 2.49. The van der Waals surface area contributed by atoms with Gasteiger partial charge in [0.1, 0.15) is 17.5 Å². The average molecular weight is 249 g/mol. The molecule has 0 aromatic carbocycles. The van der Waals surface area contributed by atoms with E-state index >= 15 is 0 Å². The summed E-state index contributed by atoms with van der Waals surface area (Å²) in [5.74, 6) is 9.16. The van der Waals surface area contributed by atoms with Crippen molar-refractivity contribution in [1.29, 1.82) is 0 Å². The molecule has 1 aromatic heterocycles. The molecule has 0 amide bonds. The third-order valence-electron chi connectivity index (χ3n) is 3.56. The van der Waals surface area contributed by atoms with E-state index in [-0.39, 0.29) is 0 Å². The van der Waals surface area contributed by atoms with Crippen LogP contribution in [0.1, 0.15) is 51.3 Å². The molecular weight excluding hydrogens is 226 g/mol. The molecule has 1 aliphatic carbocycles. The molecule has 0 unspecified atom stereocenters. The summed E-state index contributed by atoms with van der Waals surface area (Å²) < 4.78 is 0. The van der Waals surface area contributed by atoms with Gasteiger partial charge in [0.2, 0.25) is 0 Å². The Kier molecular flexibility index (Phi) is 4.36. The van der Waals surface area contributed by atoms with Crippen molar-refractivity contribution in [2.75, 3.05) is 17.3 Å². The van der Waals surface area contributed by atoms with Crippen molar-refractivity contribution in [3.05, 3.63) is 11.9 Å². The Morgan fingerprint density at radius 2 is 1.94 bits per heavy atom. The Labute approximate surface area is 109 Å². The van der Waals surface area contributed by atoms with Gasteiger partial charge in [-0.15, -0.1) is 0 Å². The first-order chi connectivity index (χ1) is 8.76. The van der Waals surface area contributed by atoms with Crippen LogP contribution in [0.4, 0.5) is 11.6 Å². The number of nitrogen functional groups attached to an aromatic ring is 1. The van der Waals surface area contributed by atoms with Gasteiger partial charge in [-0.25, -0.2) is 15.8 Å². The minimum Gasteiger partial charge on any atom is -0.370 e. The molecule has 1 fully saturated rings. The summed E-state index contributed by atoms with van der Waals surface area (Å²) in [6, 6.07) is 1.87. The number of hydrazine groups is 1. The molecule has 1 aliphatic rings. The molecule has 5 nitrogen and oxygen atoms in total. The minimum atomic E-state index is 0.534. The van der Waals surface area contributed by atoms with Crippen LogP contribution in [0.3, 0.4) is 0 Å². The molecule has 0 atom stereocenters. The summed E-state index contributed by atoms with van der Waals surface area (Å²) in [5, 5.41) is 3.40. The molecule has 0 bridgehead atoms. The minimum absolute atomic E-state index is 0.534. The monoisotopic (exact) mass is 249 g/mol. The first-order valence-corrected chi connectivity index (χ1v) is 6.86. The Morgan fingerprint density at radius 1 is 1.28 bits per heavy atom. The van der Waals surface area contributed by atoms with E-state index in [0.717, 1.165) is 18.2 Å². The highest BCUT2D eigenvalue weighted by Crippen LogP contribution is 2.38. The third-order valence-corrected chi connectivity index (χ3v) is 3.56. The van der Waals surface area contributed by atoms with Crippen LogP contribution in [0.5, 0.6) is 0 Å². The summed E-state index contributed by atoms with van der Waals surface area (Å²) in [5.41, 5.74) is 2.61. The van der Waals surface area contributed by atoms with Gasteiger partial charge in [-0.2, -0.15) is 0 Å². The van der Waals surface area contributed by atoms with Crippen molar-refractivity contribution in [2.24, 2.45) is 11.8 Å². The average Bonchev–Trinajstić information content (AvgIpc) is 3.24. The lowest BCUT2D eigenvalue weighted by molar-refractivity contribution is 0.518. The Hall–Kier alpha value is -1.36. The number of hydrogen-bond donors (Lipinski definition) is 3. The van der Waals surface area contributed by atoms with Crippen LogP contribution in [-0.4, -0.2) is 16.5 Å². The molecular formula is C13H23N5. The fraction of sp³-hybridized carbons (Fsp3) is 0.692. The number of nitrogens with zero attached hydrogens (tertiary/aromatic N) is 2. The van der Waals surface area contributed by atoms with Gasteiger partial charge in [-0.1, -0.05) is 26.7 Å². The number of rotatable bonds is 7. The van der Waals surface area contributed by atoms with Crippen LogP contribution >= 0.6 is 0 Å². The fourth-order valence-corrected chi connectivity index (χ4v) is 1.98. The zero-order chi connectivity index (χ0) is 13.0. The Morgan fingerprint density at radius 3 is 2.50 bits per heavy atom. The summed E-state index contributed by atoms with van der Waals surface area (Å²) in [7, 11) is 0. The number of hydrogen-bond acceptors (Lipinski definition) is 5. The van der Waals surface area contributed by atoms with Crippen molar-refractivity contribution >= 4 is 11.6 Å². The van der Waals surface area contributed by atoms with Crippen LogP contribution in [0, 0.1) is 5.92 Å². The molecule has 4 N–H and O–H groups in total. The van der Waals surface area contributed by atoms with Crippen LogP contribution in [0.2, 0.25) is 0 Å². The van der Waals surface area contributed by atoms with Crippen LogP contribution in [0.25, 0.3) is 0 Å². The van der Waals surface area contributed by atoms with Crippen molar-refractivity contribution in [3.8, 4) is 0 Å². The van der Waals surface area contributed by atoms with Crippen LogP contribution < -0.4 is 16.6 Å². The summed E-state index contributed by atoms with van der Waals surface area (Å²) in [6.45, 7) is 5.40. The number of nitrogens with two attached hydrogens (primary N) is 1. The molecule has 18 heavy (non-hydrogen) atoms. The van der Waals surface area contributed by atoms with E-state index in [2.05, 4.69) is 34.6 Å².